The van der Waals surface area contributed by atoms with E-state index in [1.165, 1.54) is 0 Å². The summed E-state index contributed by atoms with van der Waals surface area (Å²) in [4.78, 5) is 3.17. The zero-order valence-corrected chi connectivity index (χ0v) is 10.7. The third kappa shape index (κ3) is 2.88. The molecule has 3 nitrogen and oxygen atoms in total. The Balaban J connectivity index is 2.20. The normalized spacial score (nSPS) is 11.3. The zero-order chi connectivity index (χ0) is 13.0. The Morgan fingerprint density at radius 1 is 0.944 bits per heavy atom. The molecule has 4 N–H and O–H groups in total. The predicted octanol–water partition coefficient (Wildman–Crippen LogP) is 1.44. The van der Waals surface area contributed by atoms with Gasteiger partial charge < -0.3 is 0 Å². The van der Waals surface area contributed by atoms with Crippen molar-refractivity contribution in [3.05, 3.63) is 59.7 Å². The number of guanidine groups is 1. The van der Waals surface area contributed by atoms with Gasteiger partial charge in [0.1, 0.15) is 11.4 Å². The Bertz CT molecular complexity index is 573. The van der Waals surface area contributed by atoms with Crippen LogP contribution >= 0.6 is 0 Å². The van der Waals surface area contributed by atoms with Gasteiger partial charge >= 0.3 is 5.96 Å². The van der Waals surface area contributed by atoms with Gasteiger partial charge in [-0.3, -0.25) is 5.73 Å². The van der Waals surface area contributed by atoms with Crippen LogP contribution in [0.3, 0.4) is 0 Å². The second-order valence-electron chi connectivity index (χ2n) is 4.29. The van der Waals surface area contributed by atoms with Crippen LogP contribution in [0.1, 0.15) is 11.1 Å². The maximum absolute atomic E-state index is 5.97. The van der Waals surface area contributed by atoms with Crippen molar-refractivity contribution in [3.63, 3.8) is 0 Å². The molecule has 2 aromatic carbocycles. The van der Waals surface area contributed by atoms with Gasteiger partial charge in [-0.2, -0.15) is 0 Å². The average Bonchev–Trinajstić information content (AvgIpc) is 2.35. The number of hydrogen-bond donors (Lipinski definition) is 3. The van der Waals surface area contributed by atoms with Crippen molar-refractivity contribution in [1.82, 2.24) is 0 Å². The van der Waals surface area contributed by atoms with E-state index in [0.717, 1.165) is 22.5 Å². The maximum Gasteiger partial charge on any atom is 0.351 e. The maximum atomic E-state index is 5.97. The van der Waals surface area contributed by atoms with Gasteiger partial charge in [0, 0.05) is 0 Å². The minimum absolute atomic E-state index is 0.526. The molecule has 0 amide bonds. The number of benzene rings is 2. The second-order valence-corrected chi connectivity index (χ2v) is 4.29. The highest BCUT2D eigenvalue weighted by atomic mass is 15.1. The van der Waals surface area contributed by atoms with E-state index in [0.29, 0.717) is 5.96 Å². The van der Waals surface area contributed by atoms with Crippen molar-refractivity contribution in [2.75, 3.05) is 5.32 Å². The summed E-state index contributed by atoms with van der Waals surface area (Å²) in [6, 6.07) is 16.1. The third-order valence-corrected chi connectivity index (χ3v) is 2.83. The molecule has 0 fully saturated rings. The minimum atomic E-state index is 0.526. The van der Waals surface area contributed by atoms with Gasteiger partial charge in [0.05, 0.1) is 0 Å². The lowest BCUT2D eigenvalue weighted by Crippen LogP contribution is -2.72. The molecule has 0 saturated heterocycles. The number of rotatable bonds is 2. The third-order valence-electron chi connectivity index (χ3n) is 2.83. The highest BCUT2D eigenvalue weighted by molar-refractivity contribution is 5.89. The molecule has 2 aromatic rings. The lowest BCUT2D eigenvalue weighted by atomic mass is 10.2. The van der Waals surface area contributed by atoms with Crippen LogP contribution in [-0.4, -0.2) is 5.96 Å². The largest absolute Gasteiger partial charge is 0.351 e. The van der Waals surface area contributed by atoms with E-state index in [2.05, 4.69) is 10.3 Å². The molecule has 18 heavy (non-hydrogen) atoms. The van der Waals surface area contributed by atoms with Gasteiger partial charge in [0.25, 0.3) is 0 Å². The van der Waals surface area contributed by atoms with Gasteiger partial charge in [-0.05, 0) is 37.1 Å². The first kappa shape index (κ1) is 12.2. The van der Waals surface area contributed by atoms with Gasteiger partial charge in [0.2, 0.25) is 0 Å². The monoisotopic (exact) mass is 240 g/mol. The molecule has 0 aliphatic carbocycles. The summed E-state index contributed by atoms with van der Waals surface area (Å²) in [6.07, 6.45) is 0. The molecule has 0 radical (unpaired) electrons. The van der Waals surface area contributed by atoms with Gasteiger partial charge in [-0.15, -0.1) is 0 Å². The highest BCUT2D eigenvalue weighted by Gasteiger charge is 2.05. The van der Waals surface area contributed by atoms with Crippen LogP contribution < -0.4 is 16.0 Å². The fraction of sp³-hybridized carbons (Fsp3) is 0.133. The van der Waals surface area contributed by atoms with E-state index in [1.54, 1.807) is 0 Å². The van der Waals surface area contributed by atoms with Crippen LogP contribution in [0, 0.1) is 13.8 Å². The van der Waals surface area contributed by atoms with E-state index >= 15 is 0 Å². The number of para-hydroxylation sites is 2. The Morgan fingerprint density at radius 3 is 2.22 bits per heavy atom. The Labute approximate surface area is 107 Å². The van der Waals surface area contributed by atoms with Crippen LogP contribution in [0.25, 0.3) is 0 Å². The molecule has 0 bridgehead atoms. The van der Waals surface area contributed by atoms with E-state index in [-0.39, 0.29) is 0 Å². The van der Waals surface area contributed by atoms with Gasteiger partial charge in [-0.1, -0.05) is 36.4 Å². The first-order valence-electron chi connectivity index (χ1n) is 5.94. The Hall–Kier alpha value is -2.29. The molecule has 2 rings (SSSR count). The summed E-state index contributed by atoms with van der Waals surface area (Å²) in [5.74, 6) is 0.526. The van der Waals surface area contributed by atoms with Crippen LogP contribution in [0.15, 0.2) is 48.5 Å². The number of nitrogens with one attached hydrogen (secondary N) is 2. The van der Waals surface area contributed by atoms with E-state index in [9.17, 15) is 0 Å². The summed E-state index contributed by atoms with van der Waals surface area (Å²) < 4.78 is 0. The summed E-state index contributed by atoms with van der Waals surface area (Å²) in [7, 11) is 0. The summed E-state index contributed by atoms with van der Waals surface area (Å²) in [5.41, 5.74) is 10.3. The van der Waals surface area contributed by atoms with Crippen molar-refractivity contribution in [3.8, 4) is 0 Å². The molecule has 3 heteroatoms. The molecule has 0 heterocycles. The van der Waals surface area contributed by atoms with Crippen LogP contribution in [0.5, 0.6) is 0 Å². The highest BCUT2D eigenvalue weighted by Crippen LogP contribution is 2.12. The second kappa shape index (κ2) is 5.36. The summed E-state index contributed by atoms with van der Waals surface area (Å²) >= 11 is 0. The Kier molecular flexibility index (Phi) is 3.63. The molecule has 0 aromatic heterocycles. The molecule has 92 valence electrons. The molecule has 0 atom stereocenters. The average molecular weight is 240 g/mol. The van der Waals surface area contributed by atoms with Crippen molar-refractivity contribution in [2.24, 2.45) is 5.73 Å². The fourth-order valence-electron chi connectivity index (χ4n) is 1.75. The SMILES string of the molecule is Cc1ccccc1NC(N)=[NH+]c1ccccc1C. The van der Waals surface area contributed by atoms with Crippen LogP contribution in [0.4, 0.5) is 11.4 Å². The smallest absolute Gasteiger partial charge is 0.290 e. The van der Waals surface area contributed by atoms with E-state index in [4.69, 9.17) is 5.73 Å². The predicted molar refractivity (Wildman–Crippen MR) is 75.8 cm³/mol. The summed E-state index contributed by atoms with van der Waals surface area (Å²) in [6.45, 7) is 4.09. The molecular weight excluding hydrogens is 222 g/mol. The number of anilines is 1. The first-order chi connectivity index (χ1) is 8.66. The molecule has 0 spiro atoms. The van der Waals surface area contributed by atoms with E-state index in [1.807, 2.05) is 62.4 Å². The van der Waals surface area contributed by atoms with E-state index < -0.39 is 0 Å². The first-order valence-corrected chi connectivity index (χ1v) is 5.94. The van der Waals surface area contributed by atoms with Gasteiger partial charge in [-0.25, -0.2) is 10.3 Å². The molecule has 0 saturated carbocycles. The number of aryl methyl sites for hydroxylation is 2. The van der Waals surface area contributed by atoms with Crippen molar-refractivity contribution >= 4 is 17.3 Å². The topological polar surface area (TPSA) is 52.0 Å². The molecule has 0 aliphatic rings. The molecule has 0 aliphatic heterocycles. The number of hydrogen-bond acceptors (Lipinski definition) is 0. The molecule has 0 unspecified atom stereocenters. The van der Waals surface area contributed by atoms with Crippen LogP contribution in [0.2, 0.25) is 0 Å². The summed E-state index contributed by atoms with van der Waals surface area (Å²) in [5, 5.41) is 3.17. The lowest BCUT2D eigenvalue weighted by Gasteiger charge is -2.03. The Morgan fingerprint density at radius 2 is 1.56 bits per heavy atom. The van der Waals surface area contributed by atoms with Crippen LogP contribution in [-0.2, 0) is 0 Å². The lowest BCUT2D eigenvalue weighted by molar-refractivity contribution is -0.355. The van der Waals surface area contributed by atoms with Crippen molar-refractivity contribution < 1.29 is 4.99 Å². The fourth-order valence-corrected chi connectivity index (χ4v) is 1.75. The quantitative estimate of drug-likeness (QED) is 0.549. The standard InChI is InChI=1S/C15H17N3/c1-11-7-3-5-9-13(11)17-15(16)18-14-10-6-4-8-12(14)2/h3-10H,1-2H3,(H3,16,17,18)/p+1. The zero-order valence-electron chi connectivity index (χ0n) is 10.7. The molecular formula is C15H18N3+. The minimum Gasteiger partial charge on any atom is -0.290 e. The van der Waals surface area contributed by atoms with Crippen molar-refractivity contribution in [1.29, 1.82) is 0 Å². The van der Waals surface area contributed by atoms with Gasteiger partial charge in [0.15, 0.2) is 0 Å². The number of nitrogens with two attached hydrogens (primary N) is 1. The van der Waals surface area contributed by atoms with Crippen molar-refractivity contribution in [2.45, 2.75) is 13.8 Å².